The van der Waals surface area contributed by atoms with E-state index in [1.165, 1.54) is 11.1 Å². The van der Waals surface area contributed by atoms with Gasteiger partial charge in [0.1, 0.15) is 0 Å². The number of alkyl halides is 1. The average Bonchev–Trinajstić information content (AvgIpc) is 2.47. The van der Waals surface area contributed by atoms with Gasteiger partial charge in [-0.3, -0.25) is 0 Å². The summed E-state index contributed by atoms with van der Waals surface area (Å²) in [5, 5.41) is 0.893. The molecule has 1 nitrogen and oxygen atoms in total. The van der Waals surface area contributed by atoms with Crippen LogP contribution in [-0.4, -0.2) is 5.33 Å². The lowest BCUT2D eigenvalue weighted by molar-refractivity contribution is 0.0837. The van der Waals surface area contributed by atoms with Gasteiger partial charge >= 0.3 is 0 Å². The lowest BCUT2D eigenvalue weighted by atomic mass is 10.1. The number of fused-ring (bicyclic) bond motifs is 1. The van der Waals surface area contributed by atoms with Crippen LogP contribution in [0.4, 0.5) is 0 Å². The summed E-state index contributed by atoms with van der Waals surface area (Å²) >= 11 is 3.42. The van der Waals surface area contributed by atoms with Crippen LogP contribution in [0.1, 0.15) is 17.2 Å². The fourth-order valence-electron chi connectivity index (χ4n) is 1.39. The molecule has 0 saturated heterocycles. The second kappa shape index (κ2) is 2.95. The minimum Gasteiger partial charge on any atom is -0.368 e. The van der Waals surface area contributed by atoms with Gasteiger partial charge in [0, 0.05) is 5.33 Å². The summed E-state index contributed by atoms with van der Waals surface area (Å²) in [6.45, 7) is 0.770. The van der Waals surface area contributed by atoms with Crippen LogP contribution in [0.2, 0.25) is 0 Å². The Morgan fingerprint density at radius 3 is 3.09 bits per heavy atom. The van der Waals surface area contributed by atoms with Crippen molar-refractivity contribution in [1.29, 1.82) is 0 Å². The first kappa shape index (κ1) is 7.32. The van der Waals surface area contributed by atoms with Crippen LogP contribution in [0, 0.1) is 0 Å². The predicted molar refractivity (Wildman–Crippen MR) is 47.8 cm³/mol. The molecular formula is C9H9BrO. The van der Waals surface area contributed by atoms with Crippen LogP contribution in [0.15, 0.2) is 24.3 Å². The molecule has 0 radical (unpaired) electrons. The van der Waals surface area contributed by atoms with E-state index < -0.39 is 0 Å². The molecule has 1 aliphatic heterocycles. The van der Waals surface area contributed by atoms with Gasteiger partial charge in [-0.2, -0.15) is 0 Å². The molecule has 0 saturated carbocycles. The summed E-state index contributed by atoms with van der Waals surface area (Å²) in [5.74, 6) is 0. The van der Waals surface area contributed by atoms with Gasteiger partial charge in [0.05, 0.1) is 12.7 Å². The molecule has 58 valence electrons. The maximum absolute atomic E-state index is 5.53. The third kappa shape index (κ3) is 1.21. The standard InChI is InChI=1S/C9H9BrO/c10-5-9-8-4-2-1-3-7(8)6-11-9/h1-4,9H,5-6H2. The summed E-state index contributed by atoms with van der Waals surface area (Å²) in [5.41, 5.74) is 2.67. The van der Waals surface area contributed by atoms with Gasteiger partial charge in [0.2, 0.25) is 0 Å². The van der Waals surface area contributed by atoms with Crippen LogP contribution in [0.25, 0.3) is 0 Å². The van der Waals surface area contributed by atoms with Crippen LogP contribution in [0.5, 0.6) is 0 Å². The van der Waals surface area contributed by atoms with Crippen molar-refractivity contribution in [2.75, 3.05) is 5.33 Å². The van der Waals surface area contributed by atoms with E-state index in [1.54, 1.807) is 0 Å². The molecule has 11 heavy (non-hydrogen) atoms. The summed E-state index contributed by atoms with van der Waals surface area (Å²) in [6, 6.07) is 8.37. The lowest BCUT2D eigenvalue weighted by Gasteiger charge is -2.04. The topological polar surface area (TPSA) is 9.23 Å². The SMILES string of the molecule is BrCC1OCc2ccccc21. The van der Waals surface area contributed by atoms with Crippen LogP contribution in [0.3, 0.4) is 0 Å². The van der Waals surface area contributed by atoms with Crippen molar-refractivity contribution < 1.29 is 4.74 Å². The largest absolute Gasteiger partial charge is 0.368 e. The second-order valence-electron chi connectivity index (χ2n) is 2.65. The Morgan fingerprint density at radius 2 is 2.27 bits per heavy atom. The number of rotatable bonds is 1. The molecule has 0 spiro atoms. The number of halogens is 1. The number of hydrogen-bond donors (Lipinski definition) is 0. The van der Waals surface area contributed by atoms with Crippen molar-refractivity contribution >= 4 is 15.9 Å². The molecule has 0 fully saturated rings. The third-order valence-electron chi connectivity index (χ3n) is 1.98. The van der Waals surface area contributed by atoms with Crippen molar-refractivity contribution in [3.05, 3.63) is 35.4 Å². The summed E-state index contributed by atoms with van der Waals surface area (Å²) in [6.07, 6.45) is 0.270. The third-order valence-corrected chi connectivity index (χ3v) is 2.57. The zero-order valence-corrected chi connectivity index (χ0v) is 7.67. The lowest BCUT2D eigenvalue weighted by Crippen LogP contribution is -1.95. The van der Waals surface area contributed by atoms with E-state index in [2.05, 4.69) is 40.2 Å². The van der Waals surface area contributed by atoms with Gasteiger partial charge in [-0.25, -0.2) is 0 Å². The van der Waals surface area contributed by atoms with E-state index in [9.17, 15) is 0 Å². The van der Waals surface area contributed by atoms with E-state index in [-0.39, 0.29) is 6.10 Å². The predicted octanol–water partition coefficient (Wildman–Crippen LogP) is 2.65. The highest BCUT2D eigenvalue weighted by Gasteiger charge is 2.20. The zero-order valence-electron chi connectivity index (χ0n) is 6.09. The summed E-state index contributed by atoms with van der Waals surface area (Å²) < 4.78 is 5.53. The van der Waals surface area contributed by atoms with Crippen LogP contribution >= 0.6 is 15.9 Å². The van der Waals surface area contributed by atoms with Crippen molar-refractivity contribution in [3.8, 4) is 0 Å². The maximum Gasteiger partial charge on any atom is 0.0929 e. The summed E-state index contributed by atoms with van der Waals surface area (Å²) in [4.78, 5) is 0. The van der Waals surface area contributed by atoms with Crippen molar-refractivity contribution in [3.63, 3.8) is 0 Å². The van der Waals surface area contributed by atoms with E-state index in [0.717, 1.165) is 11.9 Å². The van der Waals surface area contributed by atoms with E-state index in [0.29, 0.717) is 0 Å². The molecule has 2 rings (SSSR count). The van der Waals surface area contributed by atoms with Crippen LogP contribution < -0.4 is 0 Å². The van der Waals surface area contributed by atoms with Gasteiger partial charge in [-0.15, -0.1) is 0 Å². The van der Waals surface area contributed by atoms with Crippen molar-refractivity contribution in [1.82, 2.24) is 0 Å². The normalized spacial score (nSPS) is 21.7. The molecule has 0 N–H and O–H groups in total. The first-order valence-corrected chi connectivity index (χ1v) is 4.79. The van der Waals surface area contributed by atoms with Gasteiger partial charge in [-0.05, 0) is 11.1 Å². The van der Waals surface area contributed by atoms with Gasteiger partial charge in [0.15, 0.2) is 0 Å². The molecule has 1 atom stereocenters. The Hall–Kier alpha value is -0.340. The number of benzene rings is 1. The maximum atomic E-state index is 5.53. The Bertz CT molecular complexity index is 259. The first-order valence-electron chi connectivity index (χ1n) is 3.67. The first-order chi connectivity index (χ1) is 5.42. The minimum absolute atomic E-state index is 0.270. The molecule has 1 aromatic carbocycles. The fraction of sp³-hybridized carbons (Fsp3) is 0.333. The molecule has 0 amide bonds. The Balaban J connectivity index is 2.39. The molecular weight excluding hydrogens is 204 g/mol. The monoisotopic (exact) mass is 212 g/mol. The Morgan fingerprint density at radius 1 is 1.45 bits per heavy atom. The molecule has 0 aromatic heterocycles. The molecule has 1 aliphatic rings. The highest BCUT2D eigenvalue weighted by Crippen LogP contribution is 2.31. The quantitative estimate of drug-likeness (QED) is 0.651. The minimum atomic E-state index is 0.270. The van der Waals surface area contributed by atoms with Crippen molar-refractivity contribution in [2.45, 2.75) is 12.7 Å². The van der Waals surface area contributed by atoms with Gasteiger partial charge in [0.25, 0.3) is 0 Å². The van der Waals surface area contributed by atoms with E-state index >= 15 is 0 Å². The average molecular weight is 213 g/mol. The molecule has 0 aliphatic carbocycles. The number of hydrogen-bond acceptors (Lipinski definition) is 1. The molecule has 1 unspecified atom stereocenters. The fourth-order valence-corrected chi connectivity index (χ4v) is 1.92. The molecule has 2 heteroatoms. The smallest absolute Gasteiger partial charge is 0.0929 e. The molecule has 1 heterocycles. The molecule has 1 aromatic rings. The van der Waals surface area contributed by atoms with Crippen LogP contribution in [-0.2, 0) is 11.3 Å². The Kier molecular flexibility index (Phi) is 1.96. The number of ether oxygens (including phenoxy) is 1. The Labute approximate surface area is 74.5 Å². The van der Waals surface area contributed by atoms with Crippen molar-refractivity contribution in [2.24, 2.45) is 0 Å². The summed E-state index contributed by atoms with van der Waals surface area (Å²) in [7, 11) is 0. The van der Waals surface area contributed by atoms with E-state index in [1.807, 2.05) is 0 Å². The highest BCUT2D eigenvalue weighted by molar-refractivity contribution is 9.09. The highest BCUT2D eigenvalue weighted by atomic mass is 79.9. The molecule has 0 bridgehead atoms. The zero-order chi connectivity index (χ0) is 7.68. The van der Waals surface area contributed by atoms with Gasteiger partial charge in [-0.1, -0.05) is 40.2 Å². The van der Waals surface area contributed by atoms with Gasteiger partial charge < -0.3 is 4.74 Å². The second-order valence-corrected chi connectivity index (χ2v) is 3.30. The van der Waals surface area contributed by atoms with E-state index in [4.69, 9.17) is 4.74 Å².